The van der Waals surface area contributed by atoms with Gasteiger partial charge in [0.25, 0.3) is 5.56 Å². The Morgan fingerprint density at radius 2 is 1.97 bits per heavy atom. The van der Waals surface area contributed by atoms with Crippen LogP contribution in [0.3, 0.4) is 0 Å². The number of hydrogen-bond acceptors (Lipinski definition) is 5. The molecule has 2 N–H and O–H groups in total. The van der Waals surface area contributed by atoms with Crippen molar-refractivity contribution < 1.29 is 22.4 Å². The minimum Gasteiger partial charge on any atom is -0.365 e. The number of nitrogens with zero attached hydrogens (tertiary/aromatic N) is 3. The van der Waals surface area contributed by atoms with Gasteiger partial charge in [-0.15, -0.1) is 0 Å². The van der Waals surface area contributed by atoms with Gasteiger partial charge in [0.2, 0.25) is 5.91 Å². The Hall–Kier alpha value is -3.18. The van der Waals surface area contributed by atoms with Crippen LogP contribution in [-0.4, -0.2) is 52.8 Å². The highest BCUT2D eigenvalue weighted by Crippen LogP contribution is 2.29. The van der Waals surface area contributed by atoms with Crippen LogP contribution in [0.15, 0.2) is 41.2 Å². The fraction of sp³-hybridized carbons (Fsp3) is 0.423. The average Bonchev–Trinajstić information content (AvgIpc) is 3.01. The summed E-state index contributed by atoms with van der Waals surface area (Å²) in [7, 11) is 0. The summed E-state index contributed by atoms with van der Waals surface area (Å²) in [6.45, 7) is 6.59. The molecule has 1 aliphatic heterocycles. The number of anilines is 1. The summed E-state index contributed by atoms with van der Waals surface area (Å²) in [6, 6.07) is 6.78. The van der Waals surface area contributed by atoms with E-state index in [-0.39, 0.29) is 27.3 Å². The van der Waals surface area contributed by atoms with E-state index >= 15 is 0 Å². The topological polar surface area (TPSA) is 79.3 Å². The van der Waals surface area contributed by atoms with Crippen molar-refractivity contribution in [1.29, 1.82) is 0 Å². The van der Waals surface area contributed by atoms with Crippen LogP contribution in [-0.2, 0) is 11.3 Å². The molecule has 0 unspecified atom stereocenters. The van der Waals surface area contributed by atoms with Crippen molar-refractivity contribution in [3.8, 4) is 11.4 Å². The Balaban J connectivity index is 1.85. The standard InChI is InChI=1S/C26H28ClF4N5O2/c1-15(26(29,30)31)33-22(37)13-35-23(16-5-7-20(28)19(27)11-16)34-21-8-6-17(12-18(21)24(35)38)36-10-4-9-32-14-25(36,2)3/h5-8,11-12,15,32H,4,9-10,13-14H2,1-3H3,(H,33,37)/t15-/m1/s1. The molecule has 0 spiro atoms. The van der Waals surface area contributed by atoms with E-state index in [2.05, 4.69) is 29.0 Å². The summed E-state index contributed by atoms with van der Waals surface area (Å²) in [6.07, 6.45) is -3.76. The summed E-state index contributed by atoms with van der Waals surface area (Å²) in [5.74, 6) is -1.74. The zero-order valence-electron chi connectivity index (χ0n) is 21.1. The predicted molar refractivity (Wildman–Crippen MR) is 139 cm³/mol. The molecule has 1 atom stereocenters. The Labute approximate surface area is 221 Å². The summed E-state index contributed by atoms with van der Waals surface area (Å²) >= 11 is 5.94. The molecule has 1 fully saturated rings. The molecular weight excluding hydrogens is 526 g/mol. The second kappa shape index (κ2) is 10.5. The lowest BCUT2D eigenvalue weighted by atomic mass is 10.0. The van der Waals surface area contributed by atoms with Crippen molar-refractivity contribution >= 4 is 34.1 Å². The molecule has 1 aromatic heterocycles. The Bertz CT molecular complexity index is 1420. The molecule has 0 aliphatic carbocycles. The van der Waals surface area contributed by atoms with E-state index in [1.807, 2.05) is 11.4 Å². The van der Waals surface area contributed by atoms with E-state index in [0.717, 1.165) is 49.3 Å². The van der Waals surface area contributed by atoms with Gasteiger partial charge in [0.15, 0.2) is 0 Å². The highest BCUT2D eigenvalue weighted by atomic mass is 35.5. The van der Waals surface area contributed by atoms with Crippen LogP contribution < -0.4 is 21.1 Å². The number of carbonyl (C=O) groups excluding carboxylic acids is 1. The zero-order chi connectivity index (χ0) is 27.8. The Morgan fingerprint density at radius 3 is 2.66 bits per heavy atom. The van der Waals surface area contributed by atoms with Gasteiger partial charge in [0, 0.05) is 29.9 Å². The first-order valence-electron chi connectivity index (χ1n) is 12.1. The molecule has 0 saturated carbocycles. The normalized spacial score (nSPS) is 16.8. The van der Waals surface area contributed by atoms with Gasteiger partial charge < -0.3 is 15.5 Å². The van der Waals surface area contributed by atoms with Crippen molar-refractivity contribution in [1.82, 2.24) is 20.2 Å². The Kier molecular flexibility index (Phi) is 7.72. The maximum Gasteiger partial charge on any atom is 0.408 e. The van der Waals surface area contributed by atoms with Gasteiger partial charge in [-0.3, -0.25) is 14.2 Å². The largest absolute Gasteiger partial charge is 0.408 e. The van der Waals surface area contributed by atoms with Gasteiger partial charge in [-0.1, -0.05) is 11.6 Å². The van der Waals surface area contributed by atoms with E-state index in [1.54, 1.807) is 12.1 Å². The molecule has 12 heteroatoms. The quantitative estimate of drug-likeness (QED) is 0.455. The third kappa shape index (κ3) is 5.78. The minimum absolute atomic E-state index is 0.0220. The first kappa shape index (κ1) is 27.8. The fourth-order valence-electron chi connectivity index (χ4n) is 4.52. The highest BCUT2D eigenvalue weighted by Gasteiger charge is 2.37. The molecule has 1 amide bonds. The molecule has 4 rings (SSSR count). The van der Waals surface area contributed by atoms with Crippen LogP contribution in [0.25, 0.3) is 22.3 Å². The van der Waals surface area contributed by atoms with Gasteiger partial charge in [0.1, 0.15) is 24.2 Å². The van der Waals surface area contributed by atoms with E-state index < -0.39 is 36.0 Å². The van der Waals surface area contributed by atoms with Crippen LogP contribution in [0.5, 0.6) is 0 Å². The van der Waals surface area contributed by atoms with Gasteiger partial charge in [-0.05, 0) is 70.1 Å². The van der Waals surface area contributed by atoms with Crippen LogP contribution in [0.2, 0.25) is 5.02 Å². The number of hydrogen-bond donors (Lipinski definition) is 2. The average molecular weight is 554 g/mol. The lowest BCUT2D eigenvalue weighted by Gasteiger charge is -2.39. The van der Waals surface area contributed by atoms with E-state index in [9.17, 15) is 27.2 Å². The SMILES string of the molecule is C[C@@H](NC(=O)Cn1c(-c2ccc(F)c(Cl)c2)nc2ccc(N3CCCNCC3(C)C)cc2c1=O)C(F)(F)F. The number of carbonyl (C=O) groups is 1. The molecule has 38 heavy (non-hydrogen) atoms. The number of halogens is 5. The number of rotatable bonds is 5. The molecule has 2 heterocycles. The van der Waals surface area contributed by atoms with Crippen LogP contribution in [0.1, 0.15) is 27.2 Å². The maximum absolute atomic E-state index is 13.8. The number of aromatic nitrogens is 2. The third-order valence-corrected chi connectivity index (χ3v) is 6.91. The molecule has 3 aromatic rings. The molecule has 0 bridgehead atoms. The third-order valence-electron chi connectivity index (χ3n) is 6.62. The van der Waals surface area contributed by atoms with Crippen LogP contribution in [0.4, 0.5) is 23.2 Å². The van der Waals surface area contributed by atoms with Crippen molar-refractivity contribution in [3.63, 3.8) is 0 Å². The molecule has 1 saturated heterocycles. The van der Waals surface area contributed by atoms with Gasteiger partial charge >= 0.3 is 6.18 Å². The first-order chi connectivity index (χ1) is 17.8. The number of nitrogens with one attached hydrogen (secondary N) is 2. The maximum atomic E-state index is 13.8. The molecular formula is C26H28ClF4N5O2. The van der Waals surface area contributed by atoms with E-state index in [1.165, 1.54) is 12.1 Å². The minimum atomic E-state index is -4.65. The van der Waals surface area contributed by atoms with Crippen molar-refractivity contribution in [2.75, 3.05) is 24.5 Å². The van der Waals surface area contributed by atoms with Crippen LogP contribution in [0, 0.1) is 5.82 Å². The van der Waals surface area contributed by atoms with Gasteiger partial charge in [0.05, 0.1) is 15.9 Å². The molecule has 2 aromatic carbocycles. The number of fused-ring (bicyclic) bond motifs is 1. The summed E-state index contributed by atoms with van der Waals surface area (Å²) < 4.78 is 53.9. The first-order valence-corrected chi connectivity index (χ1v) is 12.5. The number of amides is 1. The predicted octanol–water partition coefficient (Wildman–Crippen LogP) is 4.50. The smallest absolute Gasteiger partial charge is 0.365 e. The lowest BCUT2D eigenvalue weighted by molar-refractivity contribution is -0.158. The fourth-order valence-corrected chi connectivity index (χ4v) is 4.71. The second-order valence-electron chi connectivity index (χ2n) is 9.98. The summed E-state index contributed by atoms with van der Waals surface area (Å²) in [5, 5.41) is 5.23. The summed E-state index contributed by atoms with van der Waals surface area (Å²) in [4.78, 5) is 33.1. The lowest BCUT2D eigenvalue weighted by Crippen LogP contribution is -2.48. The van der Waals surface area contributed by atoms with E-state index in [4.69, 9.17) is 11.6 Å². The molecule has 204 valence electrons. The van der Waals surface area contributed by atoms with Crippen LogP contribution >= 0.6 is 11.6 Å². The molecule has 1 aliphatic rings. The van der Waals surface area contributed by atoms with Crippen molar-refractivity contribution in [3.05, 3.63) is 57.6 Å². The zero-order valence-corrected chi connectivity index (χ0v) is 21.9. The highest BCUT2D eigenvalue weighted by molar-refractivity contribution is 6.31. The Morgan fingerprint density at radius 1 is 1.24 bits per heavy atom. The number of alkyl halides is 3. The number of benzene rings is 2. The molecule has 7 nitrogen and oxygen atoms in total. The second-order valence-corrected chi connectivity index (χ2v) is 10.4. The van der Waals surface area contributed by atoms with E-state index in [0.29, 0.717) is 5.52 Å². The van der Waals surface area contributed by atoms with Crippen molar-refractivity contribution in [2.45, 2.75) is 51.5 Å². The summed E-state index contributed by atoms with van der Waals surface area (Å²) in [5.41, 5.74) is 0.461. The van der Waals surface area contributed by atoms with Crippen molar-refractivity contribution in [2.24, 2.45) is 0 Å². The van der Waals surface area contributed by atoms with Gasteiger partial charge in [-0.25, -0.2) is 9.37 Å². The van der Waals surface area contributed by atoms with Gasteiger partial charge in [-0.2, -0.15) is 13.2 Å². The monoisotopic (exact) mass is 553 g/mol. The molecule has 0 radical (unpaired) electrons.